The molecule has 2 aromatic rings. The molecule has 0 fully saturated rings. The van der Waals surface area contributed by atoms with E-state index in [9.17, 15) is 13.9 Å². The van der Waals surface area contributed by atoms with Crippen LogP contribution in [0.15, 0.2) is 18.2 Å². The maximum atomic E-state index is 13.7. The van der Waals surface area contributed by atoms with Crippen molar-refractivity contribution in [2.75, 3.05) is 0 Å². The molecule has 0 aromatic heterocycles. The Morgan fingerprint density at radius 2 is 1.89 bits per heavy atom. The molecule has 0 atom stereocenters. The second-order valence-corrected chi connectivity index (χ2v) is 4.48. The Morgan fingerprint density at radius 3 is 2.44 bits per heavy atom. The molecule has 0 radical (unpaired) electrons. The normalized spacial score (nSPS) is 10.9. The molecule has 0 aliphatic rings. The molecular formula is C15H12F2O. The zero-order valence-corrected chi connectivity index (χ0v) is 10.1. The highest BCUT2D eigenvalue weighted by molar-refractivity contribution is 5.93. The van der Waals surface area contributed by atoms with Gasteiger partial charge in [-0.3, -0.25) is 0 Å². The first-order valence-corrected chi connectivity index (χ1v) is 5.57. The lowest BCUT2D eigenvalue weighted by Crippen LogP contribution is -1.97. The Balaban J connectivity index is 3.03. The third-order valence-corrected chi connectivity index (χ3v) is 2.91. The van der Waals surface area contributed by atoms with Crippen molar-refractivity contribution in [2.45, 2.75) is 19.8 Å². The van der Waals surface area contributed by atoms with Crippen molar-refractivity contribution in [1.82, 2.24) is 0 Å². The van der Waals surface area contributed by atoms with Crippen LogP contribution < -0.4 is 0 Å². The summed E-state index contributed by atoms with van der Waals surface area (Å²) in [7, 11) is 0. The average Bonchev–Trinajstić information content (AvgIpc) is 2.30. The smallest absolute Gasteiger partial charge is 0.175 e. The topological polar surface area (TPSA) is 20.2 Å². The Kier molecular flexibility index (Phi) is 2.96. The summed E-state index contributed by atoms with van der Waals surface area (Å²) >= 11 is 0. The van der Waals surface area contributed by atoms with Gasteiger partial charge in [0.1, 0.15) is 5.75 Å². The Labute approximate surface area is 104 Å². The maximum absolute atomic E-state index is 13.7. The summed E-state index contributed by atoms with van der Waals surface area (Å²) in [5.41, 5.74) is 0.616. The molecule has 18 heavy (non-hydrogen) atoms. The van der Waals surface area contributed by atoms with Gasteiger partial charge < -0.3 is 5.11 Å². The number of fused-ring (bicyclic) bond motifs is 1. The second-order valence-electron chi connectivity index (χ2n) is 4.48. The molecule has 3 heteroatoms. The minimum absolute atomic E-state index is 0.0141. The standard InChI is InChI=1S/C15H12F2O/c1-4-11-14-9(6-13(16)15(11)17)5-10(18)7-12(14)8(2)3/h1,5-8,18H,2-3H3. The fourth-order valence-electron chi connectivity index (χ4n) is 2.09. The van der Waals surface area contributed by atoms with E-state index in [1.165, 1.54) is 12.1 Å². The molecule has 0 amide bonds. The minimum Gasteiger partial charge on any atom is -0.508 e. The lowest BCUT2D eigenvalue weighted by Gasteiger charge is -2.13. The summed E-state index contributed by atoms with van der Waals surface area (Å²) in [5, 5.41) is 10.5. The first-order valence-electron chi connectivity index (χ1n) is 5.57. The van der Waals surface area contributed by atoms with Crippen molar-refractivity contribution in [3.8, 4) is 18.1 Å². The van der Waals surface area contributed by atoms with E-state index in [-0.39, 0.29) is 17.2 Å². The number of hydrogen-bond acceptors (Lipinski definition) is 1. The first kappa shape index (κ1) is 12.4. The number of phenols is 1. The molecule has 0 saturated heterocycles. The Morgan fingerprint density at radius 1 is 1.22 bits per heavy atom. The number of phenolic OH excluding ortho intramolecular Hbond substituents is 1. The number of aromatic hydroxyl groups is 1. The quantitative estimate of drug-likeness (QED) is 0.756. The van der Waals surface area contributed by atoms with Crippen LogP contribution in [0.25, 0.3) is 10.8 Å². The van der Waals surface area contributed by atoms with E-state index in [1.807, 2.05) is 13.8 Å². The van der Waals surface area contributed by atoms with Gasteiger partial charge in [-0.2, -0.15) is 0 Å². The molecule has 0 aliphatic heterocycles. The van der Waals surface area contributed by atoms with Gasteiger partial charge in [-0.05, 0) is 35.1 Å². The van der Waals surface area contributed by atoms with Gasteiger partial charge in [-0.15, -0.1) is 6.42 Å². The summed E-state index contributed by atoms with van der Waals surface area (Å²) in [6, 6.07) is 3.97. The van der Waals surface area contributed by atoms with Crippen LogP contribution >= 0.6 is 0 Å². The van der Waals surface area contributed by atoms with Crippen LogP contribution in [0, 0.1) is 24.0 Å². The molecule has 92 valence electrons. The van der Waals surface area contributed by atoms with Gasteiger partial charge >= 0.3 is 0 Å². The van der Waals surface area contributed by atoms with Crippen LogP contribution in [-0.4, -0.2) is 5.11 Å². The van der Waals surface area contributed by atoms with Gasteiger partial charge in [0.25, 0.3) is 0 Å². The fourth-order valence-corrected chi connectivity index (χ4v) is 2.09. The van der Waals surface area contributed by atoms with E-state index < -0.39 is 11.6 Å². The van der Waals surface area contributed by atoms with Gasteiger partial charge in [0.2, 0.25) is 0 Å². The molecule has 0 bridgehead atoms. The van der Waals surface area contributed by atoms with Gasteiger partial charge in [-0.25, -0.2) is 8.78 Å². The second kappa shape index (κ2) is 4.30. The largest absolute Gasteiger partial charge is 0.508 e. The molecule has 0 saturated carbocycles. The zero-order chi connectivity index (χ0) is 13.4. The molecular weight excluding hydrogens is 234 g/mol. The highest BCUT2D eigenvalue weighted by Gasteiger charge is 2.17. The van der Waals surface area contributed by atoms with Crippen molar-refractivity contribution in [2.24, 2.45) is 0 Å². The van der Waals surface area contributed by atoms with Crippen molar-refractivity contribution in [3.63, 3.8) is 0 Å². The summed E-state index contributed by atoms with van der Waals surface area (Å²) in [6.45, 7) is 3.80. The third-order valence-electron chi connectivity index (χ3n) is 2.91. The van der Waals surface area contributed by atoms with E-state index >= 15 is 0 Å². The summed E-state index contributed by atoms with van der Waals surface area (Å²) in [5.74, 6) is 0.230. The highest BCUT2D eigenvalue weighted by atomic mass is 19.2. The Bertz CT molecular complexity index is 666. The van der Waals surface area contributed by atoms with E-state index in [0.717, 1.165) is 6.07 Å². The van der Waals surface area contributed by atoms with Crippen LogP contribution in [0.2, 0.25) is 0 Å². The maximum Gasteiger partial charge on any atom is 0.175 e. The highest BCUT2D eigenvalue weighted by Crippen LogP contribution is 2.34. The molecule has 0 aliphatic carbocycles. The summed E-state index contributed by atoms with van der Waals surface area (Å²) in [6.07, 6.45) is 5.27. The van der Waals surface area contributed by atoms with Crippen molar-refractivity contribution in [3.05, 3.63) is 41.0 Å². The van der Waals surface area contributed by atoms with Gasteiger partial charge in [0.05, 0.1) is 5.56 Å². The predicted octanol–water partition coefficient (Wildman–Crippen LogP) is 3.93. The van der Waals surface area contributed by atoms with Gasteiger partial charge in [0.15, 0.2) is 11.6 Å². The number of benzene rings is 2. The average molecular weight is 246 g/mol. The van der Waals surface area contributed by atoms with E-state index in [4.69, 9.17) is 6.42 Å². The van der Waals surface area contributed by atoms with Crippen LogP contribution in [0.4, 0.5) is 8.78 Å². The van der Waals surface area contributed by atoms with Gasteiger partial charge in [0, 0.05) is 5.39 Å². The molecule has 0 heterocycles. The lowest BCUT2D eigenvalue weighted by molar-refractivity contribution is 0.474. The number of halogens is 2. The van der Waals surface area contributed by atoms with Crippen molar-refractivity contribution >= 4 is 10.8 Å². The van der Waals surface area contributed by atoms with E-state index in [2.05, 4.69) is 5.92 Å². The van der Waals surface area contributed by atoms with Crippen molar-refractivity contribution in [1.29, 1.82) is 0 Å². The molecule has 1 nitrogen and oxygen atoms in total. The summed E-state index contributed by atoms with van der Waals surface area (Å²) < 4.78 is 27.1. The number of rotatable bonds is 1. The SMILES string of the molecule is C#Cc1c(F)c(F)cc2cc(O)cc(C(C)C)c12. The fraction of sp³-hybridized carbons (Fsp3) is 0.200. The number of hydrogen-bond donors (Lipinski definition) is 1. The van der Waals surface area contributed by atoms with Crippen LogP contribution in [-0.2, 0) is 0 Å². The molecule has 0 unspecified atom stereocenters. The van der Waals surface area contributed by atoms with Gasteiger partial charge in [-0.1, -0.05) is 19.8 Å². The van der Waals surface area contributed by atoms with E-state index in [1.54, 1.807) is 0 Å². The third kappa shape index (κ3) is 1.80. The van der Waals surface area contributed by atoms with Crippen LogP contribution in [0.3, 0.4) is 0 Å². The minimum atomic E-state index is -1.02. The molecule has 1 N–H and O–H groups in total. The molecule has 2 rings (SSSR count). The summed E-state index contributed by atoms with van der Waals surface area (Å²) in [4.78, 5) is 0. The van der Waals surface area contributed by atoms with Crippen molar-refractivity contribution < 1.29 is 13.9 Å². The Hall–Kier alpha value is -2.08. The van der Waals surface area contributed by atoms with Crippen LogP contribution in [0.1, 0.15) is 30.9 Å². The number of terminal acetylenes is 1. The predicted molar refractivity (Wildman–Crippen MR) is 67.6 cm³/mol. The molecule has 0 spiro atoms. The zero-order valence-electron chi connectivity index (χ0n) is 10.1. The van der Waals surface area contributed by atoms with E-state index in [0.29, 0.717) is 16.3 Å². The first-order chi connectivity index (χ1) is 8.45. The molecule has 2 aromatic carbocycles. The lowest BCUT2D eigenvalue weighted by atomic mass is 9.92. The monoisotopic (exact) mass is 246 g/mol. The van der Waals surface area contributed by atoms with Crippen LogP contribution in [0.5, 0.6) is 5.75 Å².